The number of nitrogens with zero attached hydrogens (tertiary/aromatic N) is 1. The normalized spacial score (nSPS) is 10.4. The molecule has 0 saturated heterocycles. The lowest BCUT2D eigenvalue weighted by Gasteiger charge is -2.09. The number of phenolic OH excluding ortho intramolecular Hbond substituents is 1. The SMILES string of the molecule is C=CCc1cc(/C=N/NC(=S)NCc2ccccc2)cc(OC)c1O. The molecule has 0 saturated carbocycles. The summed E-state index contributed by atoms with van der Waals surface area (Å²) in [5.74, 6) is 0.512. The van der Waals surface area contributed by atoms with E-state index in [4.69, 9.17) is 17.0 Å². The van der Waals surface area contributed by atoms with Crippen molar-refractivity contribution in [3.05, 3.63) is 71.8 Å². The van der Waals surface area contributed by atoms with E-state index < -0.39 is 0 Å². The Morgan fingerprint density at radius 2 is 2.08 bits per heavy atom. The Balaban J connectivity index is 1.95. The highest BCUT2D eigenvalue weighted by molar-refractivity contribution is 7.80. The van der Waals surface area contributed by atoms with Crippen LogP contribution < -0.4 is 15.5 Å². The van der Waals surface area contributed by atoms with Crippen molar-refractivity contribution in [1.82, 2.24) is 10.7 Å². The van der Waals surface area contributed by atoms with Crippen molar-refractivity contribution in [3.8, 4) is 11.5 Å². The van der Waals surface area contributed by atoms with Gasteiger partial charge in [-0.15, -0.1) is 6.58 Å². The molecule has 0 aliphatic heterocycles. The minimum Gasteiger partial charge on any atom is -0.504 e. The van der Waals surface area contributed by atoms with Gasteiger partial charge in [-0.05, 0) is 41.9 Å². The van der Waals surface area contributed by atoms with E-state index in [-0.39, 0.29) is 5.75 Å². The number of benzene rings is 2. The third-order valence-corrected chi connectivity index (χ3v) is 3.67. The molecular formula is C19H21N3O2S. The second-order valence-corrected chi connectivity index (χ2v) is 5.67. The Kier molecular flexibility index (Phi) is 6.98. The fraction of sp³-hybridized carbons (Fsp3) is 0.158. The van der Waals surface area contributed by atoms with Gasteiger partial charge in [-0.2, -0.15) is 5.10 Å². The molecule has 2 aromatic carbocycles. The molecule has 2 rings (SSSR count). The van der Waals surface area contributed by atoms with Gasteiger partial charge in [0.2, 0.25) is 0 Å². The first-order valence-corrected chi connectivity index (χ1v) is 8.16. The number of methoxy groups -OCH3 is 1. The molecule has 0 atom stereocenters. The number of rotatable bonds is 7. The minimum atomic E-state index is 0.118. The van der Waals surface area contributed by atoms with E-state index >= 15 is 0 Å². The van der Waals surface area contributed by atoms with Gasteiger partial charge in [-0.25, -0.2) is 0 Å². The molecule has 130 valence electrons. The lowest BCUT2D eigenvalue weighted by molar-refractivity contribution is 0.371. The molecule has 0 unspecified atom stereocenters. The molecule has 0 amide bonds. The van der Waals surface area contributed by atoms with Gasteiger partial charge in [0.15, 0.2) is 16.6 Å². The number of hydrogen-bond donors (Lipinski definition) is 3. The molecule has 0 heterocycles. The van der Waals surface area contributed by atoms with Crippen LogP contribution in [0.5, 0.6) is 11.5 Å². The first-order valence-electron chi connectivity index (χ1n) is 7.75. The Hall–Kier alpha value is -2.86. The van der Waals surface area contributed by atoms with Gasteiger partial charge in [-0.1, -0.05) is 36.4 Å². The van der Waals surface area contributed by atoms with Crippen LogP contribution in [0.25, 0.3) is 0 Å². The summed E-state index contributed by atoms with van der Waals surface area (Å²) in [6, 6.07) is 13.5. The summed E-state index contributed by atoms with van der Waals surface area (Å²) in [4.78, 5) is 0. The quantitative estimate of drug-likeness (QED) is 0.308. The molecule has 0 fully saturated rings. The van der Waals surface area contributed by atoms with E-state index in [2.05, 4.69) is 22.4 Å². The number of phenols is 1. The molecular weight excluding hydrogens is 334 g/mol. The highest BCUT2D eigenvalue weighted by atomic mass is 32.1. The third kappa shape index (κ3) is 5.61. The maximum absolute atomic E-state index is 10.1. The highest BCUT2D eigenvalue weighted by Gasteiger charge is 2.08. The summed E-state index contributed by atoms with van der Waals surface area (Å²) in [7, 11) is 1.51. The summed E-state index contributed by atoms with van der Waals surface area (Å²) < 4.78 is 5.18. The summed E-state index contributed by atoms with van der Waals surface area (Å²) in [6.07, 6.45) is 3.87. The Labute approximate surface area is 153 Å². The average molecular weight is 355 g/mol. The molecule has 0 aromatic heterocycles. The van der Waals surface area contributed by atoms with Gasteiger partial charge >= 0.3 is 0 Å². The van der Waals surface area contributed by atoms with Crippen molar-refractivity contribution in [3.63, 3.8) is 0 Å². The summed E-state index contributed by atoms with van der Waals surface area (Å²) in [5, 5.41) is 17.7. The molecule has 0 spiro atoms. The van der Waals surface area contributed by atoms with E-state index in [0.29, 0.717) is 23.8 Å². The van der Waals surface area contributed by atoms with Crippen molar-refractivity contribution >= 4 is 23.5 Å². The van der Waals surface area contributed by atoms with Crippen LogP contribution >= 0.6 is 12.2 Å². The molecule has 0 aliphatic carbocycles. The van der Waals surface area contributed by atoms with Gasteiger partial charge in [0.1, 0.15) is 0 Å². The lowest BCUT2D eigenvalue weighted by atomic mass is 10.1. The van der Waals surface area contributed by atoms with Crippen molar-refractivity contribution in [1.29, 1.82) is 0 Å². The first-order chi connectivity index (χ1) is 12.1. The molecule has 0 radical (unpaired) electrons. The van der Waals surface area contributed by atoms with E-state index in [1.54, 1.807) is 18.4 Å². The lowest BCUT2D eigenvalue weighted by Crippen LogP contribution is -2.31. The molecule has 5 nitrogen and oxygen atoms in total. The predicted octanol–water partition coefficient (Wildman–Crippen LogP) is 3.13. The molecule has 0 bridgehead atoms. The van der Waals surface area contributed by atoms with Crippen LogP contribution in [0.15, 0.2) is 60.2 Å². The zero-order chi connectivity index (χ0) is 18.1. The standard InChI is InChI=1S/C19H21N3O2S/c1-3-7-16-10-15(11-17(24-2)18(16)23)13-21-22-19(25)20-12-14-8-5-4-6-9-14/h3-6,8-11,13,23H,1,7,12H2,2H3,(H2,20,22,25)/b21-13+. The topological polar surface area (TPSA) is 65.9 Å². The smallest absolute Gasteiger partial charge is 0.187 e. The van der Waals surface area contributed by atoms with Crippen LogP contribution in [0.3, 0.4) is 0 Å². The van der Waals surface area contributed by atoms with E-state index in [0.717, 1.165) is 16.7 Å². The minimum absolute atomic E-state index is 0.118. The summed E-state index contributed by atoms with van der Waals surface area (Å²) >= 11 is 5.19. The summed E-state index contributed by atoms with van der Waals surface area (Å²) in [5.41, 5.74) is 5.41. The molecule has 3 N–H and O–H groups in total. The second kappa shape index (κ2) is 9.44. The Morgan fingerprint density at radius 3 is 2.76 bits per heavy atom. The molecule has 25 heavy (non-hydrogen) atoms. The van der Waals surface area contributed by atoms with Crippen LogP contribution in [0.1, 0.15) is 16.7 Å². The fourth-order valence-corrected chi connectivity index (χ4v) is 2.34. The predicted molar refractivity (Wildman–Crippen MR) is 105 cm³/mol. The molecule has 2 aromatic rings. The number of hydrazone groups is 1. The number of aromatic hydroxyl groups is 1. The molecule has 0 aliphatic rings. The largest absolute Gasteiger partial charge is 0.504 e. The Morgan fingerprint density at radius 1 is 1.32 bits per heavy atom. The number of ether oxygens (including phenoxy) is 1. The van der Waals surface area contributed by atoms with Crippen LogP contribution in [-0.2, 0) is 13.0 Å². The van der Waals surface area contributed by atoms with Gasteiger partial charge in [0, 0.05) is 12.1 Å². The highest BCUT2D eigenvalue weighted by Crippen LogP contribution is 2.31. The van der Waals surface area contributed by atoms with E-state index in [1.165, 1.54) is 7.11 Å². The number of hydrogen-bond acceptors (Lipinski definition) is 4. The van der Waals surface area contributed by atoms with Gasteiger partial charge in [-0.3, -0.25) is 5.43 Å². The fourth-order valence-electron chi connectivity index (χ4n) is 2.21. The Bertz CT molecular complexity index is 761. The average Bonchev–Trinajstić information content (AvgIpc) is 2.63. The monoisotopic (exact) mass is 355 g/mol. The van der Waals surface area contributed by atoms with E-state index in [9.17, 15) is 5.11 Å². The summed E-state index contributed by atoms with van der Waals surface area (Å²) in [6.45, 7) is 4.31. The first kappa shape index (κ1) is 18.5. The second-order valence-electron chi connectivity index (χ2n) is 5.26. The van der Waals surface area contributed by atoms with Gasteiger partial charge in [0.05, 0.1) is 13.3 Å². The number of nitrogens with one attached hydrogen (secondary N) is 2. The maximum atomic E-state index is 10.1. The zero-order valence-corrected chi connectivity index (χ0v) is 14.8. The van der Waals surface area contributed by atoms with Crippen LogP contribution in [-0.4, -0.2) is 23.5 Å². The van der Waals surface area contributed by atoms with E-state index in [1.807, 2.05) is 36.4 Å². The van der Waals surface area contributed by atoms with Gasteiger partial charge in [0.25, 0.3) is 0 Å². The van der Waals surface area contributed by atoms with Crippen LogP contribution in [0, 0.1) is 0 Å². The van der Waals surface area contributed by atoms with Crippen LogP contribution in [0.2, 0.25) is 0 Å². The van der Waals surface area contributed by atoms with Crippen molar-refractivity contribution in [2.45, 2.75) is 13.0 Å². The maximum Gasteiger partial charge on any atom is 0.187 e. The van der Waals surface area contributed by atoms with Crippen LogP contribution in [0.4, 0.5) is 0 Å². The zero-order valence-electron chi connectivity index (χ0n) is 14.0. The third-order valence-electron chi connectivity index (χ3n) is 3.44. The number of thiocarbonyl (C=S) groups is 1. The van der Waals surface area contributed by atoms with Crippen molar-refractivity contribution in [2.24, 2.45) is 5.10 Å². The molecule has 6 heteroatoms. The van der Waals surface area contributed by atoms with Crippen molar-refractivity contribution < 1.29 is 9.84 Å². The number of allylic oxidation sites excluding steroid dienone is 1. The van der Waals surface area contributed by atoms with Gasteiger partial charge < -0.3 is 15.2 Å². The van der Waals surface area contributed by atoms with Crippen molar-refractivity contribution in [2.75, 3.05) is 7.11 Å².